The van der Waals surface area contributed by atoms with Gasteiger partial charge in [-0.1, -0.05) is 17.7 Å². The van der Waals surface area contributed by atoms with E-state index in [1.807, 2.05) is 12.3 Å². The average Bonchev–Trinajstić information content (AvgIpc) is 3.35. The highest BCUT2D eigenvalue weighted by molar-refractivity contribution is 7.87. The fourth-order valence-corrected chi connectivity index (χ4v) is 4.80. The van der Waals surface area contributed by atoms with Gasteiger partial charge in [0.1, 0.15) is 4.90 Å². The number of rotatable bonds is 10. The van der Waals surface area contributed by atoms with Gasteiger partial charge < -0.3 is 8.92 Å². The highest BCUT2D eigenvalue weighted by Crippen LogP contribution is 2.31. The summed E-state index contributed by atoms with van der Waals surface area (Å²) >= 11 is 1.33. The Morgan fingerprint density at radius 3 is 2.49 bits per heavy atom. The van der Waals surface area contributed by atoms with Crippen LogP contribution in [0, 0.1) is 17.0 Å². The van der Waals surface area contributed by atoms with E-state index in [1.165, 1.54) is 47.9 Å². The number of thiazole rings is 1. The summed E-state index contributed by atoms with van der Waals surface area (Å²) in [4.78, 5) is 14.8. The van der Waals surface area contributed by atoms with Crippen LogP contribution in [0.4, 0.5) is 10.8 Å². The maximum Gasteiger partial charge on any atom is 0.339 e. The largest absolute Gasteiger partial charge is 0.490 e. The number of hydrogen-bond donors (Lipinski definition) is 1. The summed E-state index contributed by atoms with van der Waals surface area (Å²) < 4.78 is 36.3. The van der Waals surface area contributed by atoms with Crippen LogP contribution in [0.5, 0.6) is 11.5 Å². The van der Waals surface area contributed by atoms with Crippen LogP contribution in [-0.2, 0) is 10.1 Å². The monoisotopic (exact) mass is 538 g/mol. The van der Waals surface area contributed by atoms with Gasteiger partial charge in [-0.25, -0.2) is 4.98 Å². The van der Waals surface area contributed by atoms with Gasteiger partial charge in [-0.2, -0.15) is 13.5 Å². The van der Waals surface area contributed by atoms with Gasteiger partial charge in [0.15, 0.2) is 11.5 Å². The molecule has 37 heavy (non-hydrogen) atoms. The molecular formula is C25H22N4O6S2. The molecule has 0 aliphatic rings. The number of benzene rings is 3. The summed E-state index contributed by atoms with van der Waals surface area (Å²) in [6.07, 6.45) is 1.54. The second-order valence-corrected chi connectivity index (χ2v) is 10.1. The van der Waals surface area contributed by atoms with Crippen molar-refractivity contribution in [1.29, 1.82) is 0 Å². The van der Waals surface area contributed by atoms with Gasteiger partial charge in [-0.15, -0.1) is 11.3 Å². The first-order valence-electron chi connectivity index (χ1n) is 11.0. The number of ether oxygens (including phenoxy) is 1. The summed E-state index contributed by atoms with van der Waals surface area (Å²) in [5.74, 6) is 0.331. The van der Waals surface area contributed by atoms with Crippen molar-refractivity contribution < 1.29 is 22.3 Å². The van der Waals surface area contributed by atoms with E-state index < -0.39 is 15.0 Å². The molecule has 0 fully saturated rings. The molecule has 0 unspecified atom stereocenters. The van der Waals surface area contributed by atoms with Crippen LogP contribution in [0.1, 0.15) is 18.1 Å². The number of nitrogens with one attached hydrogen (secondary N) is 1. The Morgan fingerprint density at radius 2 is 1.81 bits per heavy atom. The van der Waals surface area contributed by atoms with Gasteiger partial charge in [0.25, 0.3) is 5.69 Å². The van der Waals surface area contributed by atoms with Crippen LogP contribution in [0.15, 0.2) is 82.1 Å². The summed E-state index contributed by atoms with van der Waals surface area (Å²) in [6, 6.07) is 17.3. The van der Waals surface area contributed by atoms with Crippen molar-refractivity contribution in [3.05, 3.63) is 93.4 Å². The molecule has 1 aromatic heterocycles. The molecule has 12 heteroatoms. The number of nitro groups is 1. The third-order valence-electron chi connectivity index (χ3n) is 5.03. The zero-order chi connectivity index (χ0) is 26.4. The minimum Gasteiger partial charge on any atom is -0.490 e. The zero-order valence-corrected chi connectivity index (χ0v) is 21.5. The quantitative estimate of drug-likeness (QED) is 0.119. The molecule has 0 saturated carbocycles. The first kappa shape index (κ1) is 25.8. The number of anilines is 1. The molecule has 1 heterocycles. The number of non-ortho nitro benzene ring substituents is 1. The minimum atomic E-state index is -4.03. The number of nitro benzene ring substituents is 1. The maximum absolute atomic E-state index is 12.7. The predicted octanol–water partition coefficient (Wildman–Crippen LogP) is 5.64. The normalized spacial score (nSPS) is 11.4. The van der Waals surface area contributed by atoms with Crippen molar-refractivity contribution in [2.24, 2.45) is 5.10 Å². The van der Waals surface area contributed by atoms with Crippen molar-refractivity contribution in [3.8, 4) is 22.8 Å². The van der Waals surface area contributed by atoms with Gasteiger partial charge in [-0.3, -0.25) is 15.5 Å². The molecule has 0 aliphatic heterocycles. The summed E-state index contributed by atoms with van der Waals surface area (Å²) in [5.41, 5.74) is 5.84. The molecule has 4 rings (SSSR count). The van der Waals surface area contributed by atoms with Gasteiger partial charge >= 0.3 is 10.1 Å². The van der Waals surface area contributed by atoms with Crippen molar-refractivity contribution in [1.82, 2.24) is 4.98 Å². The van der Waals surface area contributed by atoms with E-state index in [0.717, 1.165) is 11.1 Å². The summed E-state index contributed by atoms with van der Waals surface area (Å²) in [6.45, 7) is 3.96. The van der Waals surface area contributed by atoms with Crippen LogP contribution in [-0.4, -0.2) is 31.1 Å². The molecule has 10 nitrogen and oxygen atoms in total. The lowest BCUT2D eigenvalue weighted by atomic mass is 10.1. The number of nitrogens with zero attached hydrogens (tertiary/aromatic N) is 3. The molecular weight excluding hydrogens is 516 g/mol. The molecule has 0 radical (unpaired) electrons. The SMILES string of the molecule is CCOc1cc(/C=N/Nc2nc(-c3ccc([N+](=O)[O-])cc3)cs2)ccc1OS(=O)(=O)c1ccc(C)cc1. The molecule has 0 spiro atoms. The highest BCUT2D eigenvalue weighted by atomic mass is 32.2. The number of hydrogen-bond acceptors (Lipinski definition) is 10. The van der Waals surface area contributed by atoms with Crippen LogP contribution in [0.3, 0.4) is 0 Å². The zero-order valence-electron chi connectivity index (χ0n) is 19.8. The van der Waals surface area contributed by atoms with Gasteiger partial charge in [0.2, 0.25) is 5.13 Å². The Bertz CT molecular complexity index is 1530. The lowest BCUT2D eigenvalue weighted by molar-refractivity contribution is -0.384. The maximum atomic E-state index is 12.7. The van der Waals surface area contributed by atoms with E-state index in [9.17, 15) is 18.5 Å². The standard InChI is InChI=1S/C25H22N4O6S2/c1-3-34-24-14-18(6-13-23(24)35-37(32,33)21-11-4-17(2)5-12-21)15-26-28-25-27-22(16-36-25)19-7-9-20(10-8-19)29(30)31/h4-16H,3H2,1-2H3,(H,27,28)/b26-15+. The minimum absolute atomic E-state index is 0.0116. The number of aryl methyl sites for hydroxylation is 1. The molecule has 0 aliphatic carbocycles. The Hall–Kier alpha value is -4.29. The van der Waals surface area contributed by atoms with E-state index in [1.54, 1.807) is 43.3 Å². The van der Waals surface area contributed by atoms with E-state index in [-0.39, 0.29) is 22.1 Å². The Balaban J connectivity index is 1.45. The van der Waals surface area contributed by atoms with Crippen molar-refractivity contribution in [3.63, 3.8) is 0 Å². The predicted molar refractivity (Wildman–Crippen MR) is 142 cm³/mol. The van der Waals surface area contributed by atoms with Gasteiger partial charge in [0, 0.05) is 23.1 Å². The number of hydrazone groups is 1. The fourth-order valence-electron chi connectivity index (χ4n) is 3.19. The Morgan fingerprint density at radius 1 is 1.08 bits per heavy atom. The van der Waals surface area contributed by atoms with Crippen LogP contribution in [0.2, 0.25) is 0 Å². The Labute approximate surface area is 217 Å². The van der Waals surface area contributed by atoms with E-state index in [4.69, 9.17) is 8.92 Å². The van der Waals surface area contributed by atoms with E-state index >= 15 is 0 Å². The topological polar surface area (TPSA) is 133 Å². The third kappa shape index (κ3) is 6.48. The second-order valence-electron chi connectivity index (χ2n) is 7.70. The van der Waals surface area contributed by atoms with E-state index in [0.29, 0.717) is 23.0 Å². The molecule has 0 saturated heterocycles. The molecule has 190 valence electrons. The molecule has 3 aromatic carbocycles. The summed E-state index contributed by atoms with van der Waals surface area (Å²) in [5, 5.41) is 17.3. The number of aromatic nitrogens is 1. The molecule has 1 N–H and O–H groups in total. The van der Waals surface area contributed by atoms with Crippen LogP contribution >= 0.6 is 11.3 Å². The van der Waals surface area contributed by atoms with Crippen LogP contribution in [0.25, 0.3) is 11.3 Å². The molecule has 4 aromatic rings. The van der Waals surface area contributed by atoms with Gasteiger partial charge in [0.05, 0.1) is 23.4 Å². The smallest absolute Gasteiger partial charge is 0.339 e. The summed E-state index contributed by atoms with van der Waals surface area (Å²) in [7, 11) is -4.03. The lowest BCUT2D eigenvalue weighted by Crippen LogP contribution is -2.11. The first-order chi connectivity index (χ1) is 17.7. The second kappa shape index (κ2) is 11.2. The van der Waals surface area contributed by atoms with Crippen molar-refractivity contribution in [2.75, 3.05) is 12.0 Å². The van der Waals surface area contributed by atoms with Crippen molar-refractivity contribution in [2.45, 2.75) is 18.7 Å². The average molecular weight is 539 g/mol. The highest BCUT2D eigenvalue weighted by Gasteiger charge is 2.19. The molecule has 0 bridgehead atoms. The van der Waals surface area contributed by atoms with E-state index in [2.05, 4.69) is 15.5 Å². The Kier molecular flexibility index (Phi) is 7.80. The molecule has 0 atom stereocenters. The first-order valence-corrected chi connectivity index (χ1v) is 13.3. The van der Waals surface area contributed by atoms with Gasteiger partial charge in [-0.05, 0) is 61.9 Å². The van der Waals surface area contributed by atoms with Crippen LogP contribution < -0.4 is 14.3 Å². The van der Waals surface area contributed by atoms with Crippen molar-refractivity contribution >= 4 is 38.5 Å². The lowest BCUT2D eigenvalue weighted by Gasteiger charge is -2.12. The third-order valence-corrected chi connectivity index (χ3v) is 7.02. The molecule has 0 amide bonds. The fraction of sp³-hybridized carbons (Fsp3) is 0.120.